The van der Waals surface area contributed by atoms with E-state index >= 15 is 0 Å². The van der Waals surface area contributed by atoms with Gasteiger partial charge in [0.1, 0.15) is 5.82 Å². The third-order valence-corrected chi connectivity index (χ3v) is 2.03. The van der Waals surface area contributed by atoms with E-state index in [4.69, 9.17) is 4.74 Å². The molecule has 0 aliphatic rings. The van der Waals surface area contributed by atoms with Gasteiger partial charge >= 0.3 is 0 Å². The second-order valence-electron chi connectivity index (χ2n) is 3.41. The number of halogens is 1. The third kappa shape index (κ3) is 2.28. The van der Waals surface area contributed by atoms with E-state index in [-0.39, 0.29) is 11.7 Å². The molecule has 1 nitrogen and oxygen atoms in total. The van der Waals surface area contributed by atoms with Crippen molar-refractivity contribution in [1.29, 1.82) is 0 Å². The van der Waals surface area contributed by atoms with Gasteiger partial charge in [0.25, 0.3) is 0 Å². The van der Waals surface area contributed by atoms with Gasteiger partial charge in [-0.2, -0.15) is 0 Å². The Morgan fingerprint density at radius 3 is 2.62 bits per heavy atom. The highest BCUT2D eigenvalue weighted by Crippen LogP contribution is 2.21. The van der Waals surface area contributed by atoms with E-state index in [0.29, 0.717) is 12.2 Å². The van der Waals surface area contributed by atoms with Crippen molar-refractivity contribution in [3.05, 3.63) is 35.1 Å². The van der Waals surface area contributed by atoms with Crippen LogP contribution in [-0.2, 0) is 11.3 Å². The summed E-state index contributed by atoms with van der Waals surface area (Å²) in [5.74, 6) is 0.0937. The van der Waals surface area contributed by atoms with Crippen molar-refractivity contribution < 1.29 is 9.13 Å². The molecule has 2 heteroatoms. The van der Waals surface area contributed by atoms with Crippen LogP contribution in [0.2, 0.25) is 0 Å². The van der Waals surface area contributed by atoms with Crippen LogP contribution in [0.4, 0.5) is 4.39 Å². The number of rotatable bonds is 3. The van der Waals surface area contributed by atoms with Crippen LogP contribution in [0.25, 0.3) is 0 Å². The molecule has 0 heterocycles. The Bertz CT molecular complexity index is 281. The molecule has 0 atom stereocenters. The van der Waals surface area contributed by atoms with Crippen LogP contribution in [0.5, 0.6) is 0 Å². The lowest BCUT2D eigenvalue weighted by atomic mass is 10.0. The van der Waals surface area contributed by atoms with Crippen LogP contribution >= 0.6 is 0 Å². The maximum Gasteiger partial charge on any atom is 0.132 e. The van der Waals surface area contributed by atoms with Gasteiger partial charge in [0.2, 0.25) is 0 Å². The predicted molar refractivity (Wildman–Crippen MR) is 51.2 cm³/mol. The Hall–Kier alpha value is -0.890. The van der Waals surface area contributed by atoms with Gasteiger partial charge in [-0.25, -0.2) is 4.39 Å². The molecule has 0 spiro atoms. The normalized spacial score (nSPS) is 10.8. The Kier molecular flexibility index (Phi) is 3.43. The highest BCUT2D eigenvalue weighted by atomic mass is 19.1. The molecule has 1 aromatic rings. The minimum atomic E-state index is -0.126. The molecule has 0 aliphatic carbocycles. The molecule has 0 fully saturated rings. The first-order chi connectivity index (χ1) is 6.16. The molecule has 1 rings (SSSR count). The lowest BCUT2D eigenvalue weighted by molar-refractivity contribution is 0.181. The van der Waals surface area contributed by atoms with Crippen LogP contribution in [0.15, 0.2) is 18.2 Å². The zero-order valence-electron chi connectivity index (χ0n) is 8.30. The molecule has 0 radical (unpaired) electrons. The molecule has 0 saturated carbocycles. The fraction of sp³-hybridized carbons (Fsp3) is 0.455. The summed E-state index contributed by atoms with van der Waals surface area (Å²) in [5, 5.41) is 0. The topological polar surface area (TPSA) is 9.23 Å². The first-order valence-corrected chi connectivity index (χ1v) is 4.43. The second-order valence-corrected chi connectivity index (χ2v) is 3.41. The van der Waals surface area contributed by atoms with Gasteiger partial charge in [-0.3, -0.25) is 0 Å². The molecule has 0 aliphatic heterocycles. The summed E-state index contributed by atoms with van der Waals surface area (Å²) < 4.78 is 18.5. The number of hydrogen-bond acceptors (Lipinski definition) is 1. The van der Waals surface area contributed by atoms with E-state index in [1.165, 1.54) is 0 Å². The molecule has 0 bridgehead atoms. The molecule has 13 heavy (non-hydrogen) atoms. The molecule has 72 valence electrons. The van der Waals surface area contributed by atoms with Crippen molar-refractivity contribution >= 4 is 0 Å². The highest BCUT2D eigenvalue weighted by molar-refractivity contribution is 5.27. The molecule has 0 unspecified atom stereocenters. The fourth-order valence-electron chi connectivity index (χ4n) is 1.31. The van der Waals surface area contributed by atoms with Crippen molar-refractivity contribution in [3.8, 4) is 0 Å². The van der Waals surface area contributed by atoms with Crippen molar-refractivity contribution in [3.63, 3.8) is 0 Å². The van der Waals surface area contributed by atoms with Crippen LogP contribution in [0, 0.1) is 5.82 Å². The van der Waals surface area contributed by atoms with Gasteiger partial charge in [0.05, 0.1) is 6.61 Å². The number of methoxy groups -OCH3 is 1. The molecule has 0 N–H and O–H groups in total. The van der Waals surface area contributed by atoms with Gasteiger partial charge < -0.3 is 4.74 Å². The third-order valence-electron chi connectivity index (χ3n) is 2.03. The summed E-state index contributed by atoms with van der Waals surface area (Å²) in [6.45, 7) is 4.30. The van der Waals surface area contributed by atoms with Crippen LogP contribution in [0.1, 0.15) is 30.9 Å². The Morgan fingerprint density at radius 1 is 1.38 bits per heavy atom. The lowest BCUT2D eigenvalue weighted by Crippen LogP contribution is -1.99. The van der Waals surface area contributed by atoms with Crippen molar-refractivity contribution in [2.75, 3.05) is 7.11 Å². The predicted octanol–water partition coefficient (Wildman–Crippen LogP) is 3.10. The fourth-order valence-corrected chi connectivity index (χ4v) is 1.31. The maximum atomic E-state index is 13.6. The maximum absolute atomic E-state index is 13.6. The van der Waals surface area contributed by atoms with Gasteiger partial charge in [-0.05, 0) is 11.5 Å². The van der Waals surface area contributed by atoms with Gasteiger partial charge in [-0.1, -0.05) is 32.0 Å². The standard InChI is InChI=1S/C11H15FO/c1-8(2)10-6-4-5-9(7-13-3)11(10)12/h4-6,8H,7H2,1-3H3. The zero-order chi connectivity index (χ0) is 9.84. The largest absolute Gasteiger partial charge is 0.380 e. The summed E-state index contributed by atoms with van der Waals surface area (Å²) in [5.41, 5.74) is 1.39. The van der Waals surface area contributed by atoms with E-state index in [9.17, 15) is 4.39 Å². The summed E-state index contributed by atoms with van der Waals surface area (Å²) in [6, 6.07) is 5.44. The Morgan fingerprint density at radius 2 is 2.08 bits per heavy atom. The van der Waals surface area contributed by atoms with Crippen LogP contribution in [0.3, 0.4) is 0 Å². The van der Waals surface area contributed by atoms with Gasteiger partial charge in [0, 0.05) is 12.7 Å². The average Bonchev–Trinajstić information content (AvgIpc) is 2.08. The zero-order valence-corrected chi connectivity index (χ0v) is 8.30. The lowest BCUT2D eigenvalue weighted by Gasteiger charge is -2.09. The second kappa shape index (κ2) is 4.38. The minimum Gasteiger partial charge on any atom is -0.380 e. The Balaban J connectivity index is 3.03. The van der Waals surface area contributed by atoms with Gasteiger partial charge in [0.15, 0.2) is 0 Å². The molecular formula is C11H15FO. The quantitative estimate of drug-likeness (QED) is 0.698. The molecule has 0 saturated heterocycles. The average molecular weight is 182 g/mol. The molecule has 0 amide bonds. The van der Waals surface area contributed by atoms with E-state index in [2.05, 4.69) is 0 Å². The van der Waals surface area contributed by atoms with Crippen molar-refractivity contribution in [1.82, 2.24) is 0 Å². The van der Waals surface area contributed by atoms with E-state index in [0.717, 1.165) is 5.56 Å². The van der Waals surface area contributed by atoms with E-state index in [1.54, 1.807) is 13.2 Å². The highest BCUT2D eigenvalue weighted by Gasteiger charge is 2.09. The number of ether oxygens (including phenoxy) is 1. The monoisotopic (exact) mass is 182 g/mol. The minimum absolute atomic E-state index is 0.126. The number of benzene rings is 1. The first-order valence-electron chi connectivity index (χ1n) is 4.43. The van der Waals surface area contributed by atoms with Crippen LogP contribution < -0.4 is 0 Å². The molecule has 1 aromatic carbocycles. The van der Waals surface area contributed by atoms with Gasteiger partial charge in [-0.15, -0.1) is 0 Å². The number of hydrogen-bond donors (Lipinski definition) is 0. The molecular weight excluding hydrogens is 167 g/mol. The van der Waals surface area contributed by atoms with Crippen LogP contribution in [-0.4, -0.2) is 7.11 Å². The summed E-state index contributed by atoms with van der Waals surface area (Å²) in [6.07, 6.45) is 0. The summed E-state index contributed by atoms with van der Waals surface area (Å²) in [4.78, 5) is 0. The Labute approximate surface area is 78.5 Å². The molecule has 0 aromatic heterocycles. The van der Waals surface area contributed by atoms with Crippen molar-refractivity contribution in [2.45, 2.75) is 26.4 Å². The smallest absolute Gasteiger partial charge is 0.132 e. The first kappa shape index (κ1) is 10.2. The summed E-state index contributed by atoms with van der Waals surface area (Å²) in [7, 11) is 1.57. The van der Waals surface area contributed by atoms with Crippen molar-refractivity contribution in [2.24, 2.45) is 0 Å². The SMILES string of the molecule is COCc1cccc(C(C)C)c1F. The van der Waals surface area contributed by atoms with E-state index < -0.39 is 0 Å². The summed E-state index contributed by atoms with van der Waals surface area (Å²) >= 11 is 0. The van der Waals surface area contributed by atoms with E-state index in [1.807, 2.05) is 26.0 Å².